The highest BCUT2D eigenvalue weighted by atomic mass is 16.2. The van der Waals surface area contributed by atoms with Crippen LogP contribution in [0.25, 0.3) is 0 Å². The topological polar surface area (TPSA) is 46.2 Å². The van der Waals surface area contributed by atoms with E-state index in [1.54, 1.807) is 0 Å². The molecular weight excluding hydrogens is 274 g/mol. The molecule has 4 aliphatic rings. The summed E-state index contributed by atoms with van der Waals surface area (Å²) < 4.78 is 0. The van der Waals surface area contributed by atoms with Gasteiger partial charge in [0.25, 0.3) is 0 Å². The molecule has 3 aliphatic carbocycles. The number of imide groups is 1. The first-order chi connectivity index (χ1) is 10.6. The van der Waals surface area contributed by atoms with Gasteiger partial charge in [-0.1, -0.05) is 58.3 Å². The van der Waals surface area contributed by atoms with Gasteiger partial charge in [0, 0.05) is 0 Å². The van der Waals surface area contributed by atoms with E-state index in [0.29, 0.717) is 5.92 Å². The van der Waals surface area contributed by atoms with Crippen LogP contribution in [-0.4, -0.2) is 11.8 Å². The van der Waals surface area contributed by atoms with Crippen molar-refractivity contribution in [1.82, 2.24) is 5.32 Å². The molecule has 1 aliphatic heterocycles. The molecule has 4 rings (SSSR count). The minimum Gasteiger partial charge on any atom is -0.296 e. The molecule has 0 aromatic rings. The van der Waals surface area contributed by atoms with Crippen LogP contribution in [0.5, 0.6) is 0 Å². The van der Waals surface area contributed by atoms with Gasteiger partial charge < -0.3 is 0 Å². The second-order valence-electron chi connectivity index (χ2n) is 8.58. The largest absolute Gasteiger partial charge is 0.296 e. The lowest BCUT2D eigenvalue weighted by atomic mass is 9.70. The second-order valence-corrected chi connectivity index (χ2v) is 8.58. The van der Waals surface area contributed by atoms with E-state index in [1.165, 1.54) is 51.4 Å². The minimum absolute atomic E-state index is 0.0162. The summed E-state index contributed by atoms with van der Waals surface area (Å²) >= 11 is 0. The summed E-state index contributed by atoms with van der Waals surface area (Å²) in [4.78, 5) is 25.2. The molecule has 0 bridgehead atoms. The van der Waals surface area contributed by atoms with E-state index in [4.69, 9.17) is 0 Å². The van der Waals surface area contributed by atoms with Crippen molar-refractivity contribution in [2.45, 2.75) is 77.6 Å². The number of hydrogen-bond acceptors (Lipinski definition) is 2. The smallest absolute Gasteiger partial charge is 0.234 e. The fraction of sp³-hybridized carbons (Fsp3) is 0.895. The van der Waals surface area contributed by atoms with Crippen LogP contribution in [-0.2, 0) is 9.59 Å². The average molecular weight is 303 g/mol. The van der Waals surface area contributed by atoms with Crippen molar-refractivity contribution in [3.05, 3.63) is 0 Å². The molecule has 0 spiro atoms. The maximum atomic E-state index is 12.8. The molecule has 0 radical (unpaired) electrons. The molecule has 3 heteroatoms. The highest BCUT2D eigenvalue weighted by Crippen LogP contribution is 2.78. The van der Waals surface area contributed by atoms with Gasteiger partial charge in [0.15, 0.2) is 0 Å². The molecule has 22 heavy (non-hydrogen) atoms. The fourth-order valence-electron chi connectivity index (χ4n) is 6.61. The summed E-state index contributed by atoms with van der Waals surface area (Å²) in [6, 6.07) is 0. The number of nitrogens with one attached hydrogen (secondary N) is 1. The molecule has 1 saturated heterocycles. The summed E-state index contributed by atoms with van der Waals surface area (Å²) in [5.41, 5.74) is -0.377. The predicted molar refractivity (Wildman–Crippen MR) is 84.9 cm³/mol. The Morgan fingerprint density at radius 1 is 0.955 bits per heavy atom. The predicted octanol–water partition coefficient (Wildman–Crippen LogP) is 3.82. The molecule has 1 heterocycles. The lowest BCUT2D eigenvalue weighted by Crippen LogP contribution is -2.40. The zero-order valence-corrected chi connectivity index (χ0v) is 13.8. The van der Waals surface area contributed by atoms with Gasteiger partial charge in [0.1, 0.15) is 0 Å². The summed E-state index contributed by atoms with van der Waals surface area (Å²) in [6.07, 6.45) is 13.8. The van der Waals surface area contributed by atoms with E-state index < -0.39 is 0 Å². The summed E-state index contributed by atoms with van der Waals surface area (Å²) in [5, 5.41) is 2.67. The van der Waals surface area contributed by atoms with Gasteiger partial charge in [0.05, 0.1) is 11.3 Å². The van der Waals surface area contributed by atoms with Crippen LogP contribution in [0.3, 0.4) is 0 Å². The molecule has 3 atom stereocenters. The number of amides is 2. The zero-order valence-electron chi connectivity index (χ0n) is 13.8. The van der Waals surface area contributed by atoms with Crippen molar-refractivity contribution in [2.75, 3.05) is 0 Å². The maximum Gasteiger partial charge on any atom is 0.234 e. The van der Waals surface area contributed by atoms with Crippen molar-refractivity contribution in [2.24, 2.45) is 28.6 Å². The van der Waals surface area contributed by atoms with Gasteiger partial charge in [-0.3, -0.25) is 14.9 Å². The molecule has 4 fully saturated rings. The number of fused-ring (bicyclic) bond motifs is 1. The Morgan fingerprint density at radius 3 is 2.18 bits per heavy atom. The molecule has 3 unspecified atom stereocenters. The highest BCUT2D eigenvalue weighted by Gasteiger charge is 2.85. The number of carbonyl (C=O) groups is 2. The van der Waals surface area contributed by atoms with Crippen molar-refractivity contribution in [1.29, 1.82) is 0 Å². The van der Waals surface area contributed by atoms with Gasteiger partial charge in [-0.25, -0.2) is 0 Å². The standard InChI is InChI=1S/C19H29NO2/c1-18(12-13-8-4-2-5-9-13)15-16(21)20-17(22)19(15,18)14-10-6-3-7-11-14/h13-15H,2-12H2,1H3,(H,20,21,22). The Balaban J connectivity index is 1.61. The first kappa shape index (κ1) is 14.7. The number of piperidine rings is 1. The molecule has 0 aromatic carbocycles. The SMILES string of the molecule is CC1(CC2CCCCC2)C2C(=O)NC(=O)C21C1CCCCC1. The van der Waals surface area contributed by atoms with Crippen LogP contribution in [0.1, 0.15) is 77.6 Å². The van der Waals surface area contributed by atoms with E-state index in [9.17, 15) is 9.59 Å². The fourth-order valence-corrected chi connectivity index (χ4v) is 6.61. The lowest BCUT2D eigenvalue weighted by Gasteiger charge is -2.34. The van der Waals surface area contributed by atoms with Gasteiger partial charge >= 0.3 is 0 Å². The van der Waals surface area contributed by atoms with E-state index in [-0.39, 0.29) is 28.6 Å². The minimum atomic E-state index is -0.331. The second kappa shape index (κ2) is 5.07. The number of hydrogen-bond donors (Lipinski definition) is 1. The Labute approximate surface area is 133 Å². The van der Waals surface area contributed by atoms with Crippen LogP contribution >= 0.6 is 0 Å². The molecular formula is C19H29NO2. The Hall–Kier alpha value is -0.860. The molecule has 3 saturated carbocycles. The van der Waals surface area contributed by atoms with Gasteiger partial charge in [-0.15, -0.1) is 0 Å². The first-order valence-electron chi connectivity index (χ1n) is 9.46. The van der Waals surface area contributed by atoms with Crippen molar-refractivity contribution < 1.29 is 9.59 Å². The van der Waals surface area contributed by atoms with Crippen LogP contribution in [0.15, 0.2) is 0 Å². The van der Waals surface area contributed by atoms with Crippen LogP contribution in [0.4, 0.5) is 0 Å². The molecule has 3 nitrogen and oxygen atoms in total. The van der Waals surface area contributed by atoms with Crippen LogP contribution < -0.4 is 5.32 Å². The first-order valence-corrected chi connectivity index (χ1v) is 9.46. The van der Waals surface area contributed by atoms with E-state index in [1.807, 2.05) is 0 Å². The van der Waals surface area contributed by atoms with Crippen molar-refractivity contribution >= 4 is 11.8 Å². The normalized spacial score (nSPS) is 43.0. The Morgan fingerprint density at radius 2 is 1.55 bits per heavy atom. The number of carbonyl (C=O) groups excluding carboxylic acids is 2. The van der Waals surface area contributed by atoms with Gasteiger partial charge in [-0.05, 0) is 36.5 Å². The zero-order chi connectivity index (χ0) is 15.4. The highest BCUT2D eigenvalue weighted by molar-refractivity contribution is 6.13. The summed E-state index contributed by atoms with van der Waals surface area (Å²) in [5.74, 6) is 1.29. The Kier molecular flexibility index (Phi) is 3.39. The van der Waals surface area contributed by atoms with Crippen molar-refractivity contribution in [3.63, 3.8) is 0 Å². The van der Waals surface area contributed by atoms with E-state index in [2.05, 4.69) is 12.2 Å². The molecule has 122 valence electrons. The third-order valence-electron chi connectivity index (χ3n) is 7.52. The van der Waals surface area contributed by atoms with Gasteiger partial charge in [-0.2, -0.15) is 0 Å². The monoisotopic (exact) mass is 303 g/mol. The van der Waals surface area contributed by atoms with E-state index >= 15 is 0 Å². The average Bonchev–Trinajstić information content (AvgIpc) is 2.96. The third-order valence-corrected chi connectivity index (χ3v) is 7.52. The van der Waals surface area contributed by atoms with Gasteiger partial charge in [0.2, 0.25) is 11.8 Å². The molecule has 2 amide bonds. The van der Waals surface area contributed by atoms with Crippen molar-refractivity contribution in [3.8, 4) is 0 Å². The maximum absolute atomic E-state index is 12.8. The lowest BCUT2D eigenvalue weighted by molar-refractivity contribution is -0.132. The Bertz CT molecular complexity index is 490. The summed E-state index contributed by atoms with van der Waals surface area (Å²) in [6.45, 7) is 2.26. The quantitative estimate of drug-likeness (QED) is 0.806. The third kappa shape index (κ3) is 1.80. The molecule has 1 N–H and O–H groups in total. The van der Waals surface area contributed by atoms with Crippen LogP contribution in [0, 0.1) is 28.6 Å². The summed E-state index contributed by atoms with van der Waals surface area (Å²) in [7, 11) is 0. The van der Waals surface area contributed by atoms with Crippen LogP contribution in [0.2, 0.25) is 0 Å². The number of rotatable bonds is 3. The van der Waals surface area contributed by atoms with E-state index in [0.717, 1.165) is 25.2 Å². The molecule has 0 aromatic heterocycles.